The van der Waals surface area contributed by atoms with E-state index in [0.29, 0.717) is 28.3 Å². The number of halogens is 2. The van der Waals surface area contributed by atoms with E-state index in [2.05, 4.69) is 35.2 Å². The molecule has 1 aromatic carbocycles. The second kappa shape index (κ2) is 8.90. The molecule has 9 nitrogen and oxygen atoms in total. The van der Waals surface area contributed by atoms with Gasteiger partial charge in [-0.15, -0.1) is 0 Å². The van der Waals surface area contributed by atoms with E-state index >= 15 is 0 Å². The number of nitrogens with one attached hydrogen (secondary N) is 2. The lowest BCUT2D eigenvalue weighted by atomic mass is 10.2. The molecule has 4 aromatic heterocycles. The predicted octanol–water partition coefficient (Wildman–Crippen LogP) is 4.36. The molecule has 0 saturated carbocycles. The number of anilines is 2. The van der Waals surface area contributed by atoms with Gasteiger partial charge in [-0.05, 0) is 42.5 Å². The SMILES string of the molecule is CS(=O)c1nccc(-c2cccnc2Oc2ccc(Nc3nc4c(F)c(F)ccc4[nH]3)nc2)n1. The highest BCUT2D eigenvalue weighted by Crippen LogP contribution is 2.30. The van der Waals surface area contributed by atoms with E-state index in [1.807, 2.05) is 0 Å². The Bertz CT molecular complexity index is 1530. The number of nitrogens with zero attached hydrogens (tertiary/aromatic N) is 5. The highest BCUT2D eigenvalue weighted by atomic mass is 32.2. The minimum Gasteiger partial charge on any atom is -0.437 e. The summed E-state index contributed by atoms with van der Waals surface area (Å²) in [5.41, 5.74) is 1.35. The van der Waals surface area contributed by atoms with Crippen LogP contribution in [-0.4, -0.2) is 40.4 Å². The molecule has 0 bridgehead atoms. The van der Waals surface area contributed by atoms with Gasteiger partial charge in [0.25, 0.3) is 0 Å². The van der Waals surface area contributed by atoms with Crippen molar-refractivity contribution in [1.82, 2.24) is 29.9 Å². The van der Waals surface area contributed by atoms with E-state index in [1.165, 1.54) is 24.7 Å². The highest BCUT2D eigenvalue weighted by molar-refractivity contribution is 7.84. The van der Waals surface area contributed by atoms with Crippen LogP contribution in [0.4, 0.5) is 20.5 Å². The molecule has 0 aliphatic rings. The predicted molar refractivity (Wildman–Crippen MR) is 121 cm³/mol. The molecule has 4 heterocycles. The van der Waals surface area contributed by atoms with Crippen LogP contribution in [0, 0.1) is 11.6 Å². The number of hydrogen-bond acceptors (Lipinski definition) is 8. The molecule has 5 rings (SSSR count). The first kappa shape index (κ1) is 21.5. The van der Waals surface area contributed by atoms with Crippen LogP contribution in [0.15, 0.2) is 66.2 Å². The summed E-state index contributed by atoms with van der Waals surface area (Å²) in [6.45, 7) is 0. The Morgan fingerprint density at radius 2 is 1.88 bits per heavy atom. The number of imidazole rings is 1. The molecule has 0 spiro atoms. The van der Waals surface area contributed by atoms with E-state index in [-0.39, 0.29) is 22.5 Å². The Morgan fingerprint density at radius 3 is 2.68 bits per heavy atom. The third-order valence-electron chi connectivity index (χ3n) is 4.68. The minimum absolute atomic E-state index is 0.107. The molecule has 0 aliphatic carbocycles. The average molecular weight is 479 g/mol. The van der Waals surface area contributed by atoms with Gasteiger partial charge in [0.2, 0.25) is 17.0 Å². The molecule has 5 aromatic rings. The third kappa shape index (κ3) is 4.30. The van der Waals surface area contributed by atoms with Gasteiger partial charge in [0.15, 0.2) is 11.6 Å². The van der Waals surface area contributed by atoms with Crippen molar-refractivity contribution in [2.75, 3.05) is 11.6 Å². The van der Waals surface area contributed by atoms with Gasteiger partial charge in [-0.2, -0.15) is 0 Å². The first-order chi connectivity index (χ1) is 16.5. The van der Waals surface area contributed by atoms with Crippen molar-refractivity contribution in [3.05, 3.63) is 72.7 Å². The second-order valence-electron chi connectivity index (χ2n) is 6.98. The summed E-state index contributed by atoms with van der Waals surface area (Å²) < 4.78 is 44.9. The fraction of sp³-hybridized carbons (Fsp3) is 0.0455. The van der Waals surface area contributed by atoms with Crippen LogP contribution in [0.3, 0.4) is 0 Å². The van der Waals surface area contributed by atoms with Crippen molar-refractivity contribution in [1.29, 1.82) is 0 Å². The molecular weight excluding hydrogens is 464 g/mol. The van der Waals surface area contributed by atoms with E-state index < -0.39 is 22.4 Å². The van der Waals surface area contributed by atoms with Crippen LogP contribution in [0.1, 0.15) is 0 Å². The Morgan fingerprint density at radius 1 is 1.00 bits per heavy atom. The lowest BCUT2D eigenvalue weighted by Crippen LogP contribution is -1.99. The van der Waals surface area contributed by atoms with E-state index in [1.54, 1.807) is 36.5 Å². The van der Waals surface area contributed by atoms with Crippen molar-refractivity contribution in [2.45, 2.75) is 5.16 Å². The molecule has 2 N–H and O–H groups in total. The maximum absolute atomic E-state index is 13.9. The summed E-state index contributed by atoms with van der Waals surface area (Å²) >= 11 is 0. The van der Waals surface area contributed by atoms with Gasteiger partial charge < -0.3 is 15.0 Å². The third-order valence-corrected chi connectivity index (χ3v) is 5.39. The number of aromatic nitrogens is 6. The lowest BCUT2D eigenvalue weighted by Gasteiger charge is -2.10. The zero-order valence-corrected chi connectivity index (χ0v) is 18.3. The number of benzene rings is 1. The average Bonchev–Trinajstić information content (AvgIpc) is 3.26. The maximum Gasteiger partial charge on any atom is 0.228 e. The van der Waals surface area contributed by atoms with E-state index in [4.69, 9.17) is 4.74 Å². The van der Waals surface area contributed by atoms with Gasteiger partial charge in [0.1, 0.15) is 17.1 Å². The summed E-state index contributed by atoms with van der Waals surface area (Å²) in [5, 5.41) is 3.11. The molecule has 0 radical (unpaired) electrons. The molecule has 0 amide bonds. The second-order valence-corrected chi connectivity index (χ2v) is 8.26. The van der Waals surface area contributed by atoms with Crippen molar-refractivity contribution in [3.63, 3.8) is 0 Å². The molecule has 12 heteroatoms. The highest BCUT2D eigenvalue weighted by Gasteiger charge is 2.14. The Hall–Kier alpha value is -4.32. The summed E-state index contributed by atoms with van der Waals surface area (Å²) in [5.74, 6) is -0.700. The summed E-state index contributed by atoms with van der Waals surface area (Å²) in [7, 11) is -1.33. The van der Waals surface area contributed by atoms with Gasteiger partial charge in [-0.1, -0.05) is 0 Å². The number of hydrogen-bond donors (Lipinski definition) is 2. The number of ether oxygens (including phenoxy) is 1. The fourth-order valence-electron chi connectivity index (χ4n) is 3.12. The van der Waals surface area contributed by atoms with Crippen molar-refractivity contribution in [3.8, 4) is 22.9 Å². The Labute approximate surface area is 193 Å². The normalized spacial score (nSPS) is 12.0. The quantitative estimate of drug-likeness (QED) is 0.345. The molecule has 0 aliphatic heterocycles. The zero-order chi connectivity index (χ0) is 23.7. The Kier molecular flexibility index (Phi) is 5.64. The van der Waals surface area contributed by atoms with Crippen LogP contribution in [0.25, 0.3) is 22.3 Å². The summed E-state index contributed by atoms with van der Waals surface area (Å²) in [6.07, 6.45) is 6.07. The summed E-state index contributed by atoms with van der Waals surface area (Å²) in [6, 6.07) is 10.9. The minimum atomic E-state index is -1.33. The molecule has 0 saturated heterocycles. The largest absolute Gasteiger partial charge is 0.437 e. The van der Waals surface area contributed by atoms with Crippen LogP contribution in [0.2, 0.25) is 0 Å². The number of fused-ring (bicyclic) bond motifs is 1. The standard InChI is InChI=1S/C22H15F2N7O2S/c1-34(32)22-26-10-8-15(29-22)13-3-2-9-25-20(13)33-12-4-7-17(27-11-12)30-21-28-16-6-5-14(23)18(24)19(16)31-21/h2-11H,1H3,(H2,27,28,30,31). The van der Waals surface area contributed by atoms with E-state index in [9.17, 15) is 13.0 Å². The van der Waals surface area contributed by atoms with E-state index in [0.717, 1.165) is 6.07 Å². The van der Waals surface area contributed by atoms with Gasteiger partial charge >= 0.3 is 0 Å². The van der Waals surface area contributed by atoms with Crippen molar-refractivity contribution in [2.24, 2.45) is 0 Å². The number of pyridine rings is 2. The first-order valence-corrected chi connectivity index (χ1v) is 11.4. The van der Waals surface area contributed by atoms with Crippen LogP contribution >= 0.6 is 0 Å². The molecular formula is C22H15F2N7O2S. The molecule has 0 fully saturated rings. The van der Waals surface area contributed by atoms with Crippen molar-refractivity contribution >= 4 is 33.6 Å². The monoisotopic (exact) mass is 479 g/mol. The van der Waals surface area contributed by atoms with Gasteiger partial charge in [-0.25, -0.2) is 33.7 Å². The van der Waals surface area contributed by atoms with Gasteiger partial charge in [0, 0.05) is 18.6 Å². The van der Waals surface area contributed by atoms with Crippen LogP contribution in [-0.2, 0) is 10.8 Å². The lowest BCUT2D eigenvalue weighted by molar-refractivity contribution is 0.462. The zero-order valence-electron chi connectivity index (χ0n) is 17.5. The maximum atomic E-state index is 13.9. The topological polar surface area (TPSA) is 119 Å². The smallest absolute Gasteiger partial charge is 0.228 e. The van der Waals surface area contributed by atoms with Crippen LogP contribution in [0.5, 0.6) is 11.6 Å². The van der Waals surface area contributed by atoms with Gasteiger partial charge in [0.05, 0.1) is 33.8 Å². The molecule has 170 valence electrons. The van der Waals surface area contributed by atoms with Gasteiger partial charge in [-0.3, -0.25) is 4.21 Å². The first-order valence-electron chi connectivity index (χ1n) is 9.84. The summed E-state index contributed by atoms with van der Waals surface area (Å²) in [4.78, 5) is 23.7. The molecule has 1 atom stereocenters. The van der Waals surface area contributed by atoms with Crippen LogP contribution < -0.4 is 10.1 Å². The number of aromatic amines is 1. The fourth-order valence-corrected chi connectivity index (χ4v) is 3.56. The Balaban J connectivity index is 1.36. The molecule has 34 heavy (non-hydrogen) atoms. The van der Waals surface area contributed by atoms with Crippen molar-refractivity contribution < 1.29 is 17.7 Å². The number of H-pyrrole nitrogens is 1. The molecule has 1 unspecified atom stereocenters. The number of rotatable bonds is 6.